The van der Waals surface area contributed by atoms with Crippen LogP contribution in [0.15, 0.2) is 42.5 Å². The Bertz CT molecular complexity index is 578. The first-order valence-corrected chi connectivity index (χ1v) is 7.74. The fourth-order valence-corrected chi connectivity index (χ4v) is 2.33. The molecular weight excluding hydrogens is 282 g/mol. The molecule has 2 aromatic rings. The van der Waals surface area contributed by atoms with Gasteiger partial charge in [0.25, 0.3) is 0 Å². The number of ether oxygens (including phenoxy) is 1. The maximum absolute atomic E-state index is 6.24. The number of rotatable bonds is 6. The van der Waals surface area contributed by atoms with Crippen LogP contribution in [0.3, 0.4) is 0 Å². The summed E-state index contributed by atoms with van der Waals surface area (Å²) in [5.41, 5.74) is 3.46. The van der Waals surface area contributed by atoms with Gasteiger partial charge in [0.15, 0.2) is 0 Å². The van der Waals surface area contributed by atoms with E-state index in [0.717, 1.165) is 29.4 Å². The zero-order valence-electron chi connectivity index (χ0n) is 12.8. The van der Waals surface area contributed by atoms with Gasteiger partial charge in [-0.25, -0.2) is 0 Å². The van der Waals surface area contributed by atoms with E-state index in [0.29, 0.717) is 0 Å². The Morgan fingerprint density at radius 3 is 2.33 bits per heavy atom. The zero-order valence-corrected chi connectivity index (χ0v) is 13.6. The van der Waals surface area contributed by atoms with Crippen LogP contribution in [0.25, 0.3) is 11.1 Å². The van der Waals surface area contributed by atoms with E-state index < -0.39 is 0 Å². The average molecular weight is 304 g/mol. The molecule has 0 aromatic heterocycles. The van der Waals surface area contributed by atoms with Crippen molar-refractivity contribution in [3.63, 3.8) is 0 Å². The molecule has 0 aliphatic heterocycles. The van der Waals surface area contributed by atoms with E-state index >= 15 is 0 Å². The van der Waals surface area contributed by atoms with E-state index in [1.807, 2.05) is 32.0 Å². The molecule has 0 radical (unpaired) electrons. The first-order valence-electron chi connectivity index (χ1n) is 7.36. The topological polar surface area (TPSA) is 21.3 Å². The van der Waals surface area contributed by atoms with Crippen LogP contribution in [0.5, 0.6) is 5.75 Å². The highest BCUT2D eigenvalue weighted by Crippen LogP contribution is 2.27. The molecule has 2 aromatic carbocycles. The van der Waals surface area contributed by atoms with Gasteiger partial charge in [-0.2, -0.15) is 0 Å². The summed E-state index contributed by atoms with van der Waals surface area (Å²) in [6, 6.07) is 14.3. The van der Waals surface area contributed by atoms with Crippen molar-refractivity contribution in [3.8, 4) is 16.9 Å². The molecule has 0 aliphatic rings. The van der Waals surface area contributed by atoms with Crippen molar-refractivity contribution in [1.82, 2.24) is 5.32 Å². The second kappa shape index (κ2) is 7.48. The summed E-state index contributed by atoms with van der Waals surface area (Å²) in [6.07, 6.45) is 0.193. The highest BCUT2D eigenvalue weighted by atomic mass is 35.5. The molecule has 0 aliphatic carbocycles. The minimum Gasteiger partial charge on any atom is -0.491 e. The first-order chi connectivity index (χ1) is 10.1. The van der Waals surface area contributed by atoms with Gasteiger partial charge in [-0.1, -0.05) is 36.7 Å². The highest BCUT2D eigenvalue weighted by Gasteiger charge is 2.05. The monoisotopic (exact) mass is 303 g/mol. The van der Waals surface area contributed by atoms with Crippen LogP contribution < -0.4 is 10.1 Å². The molecule has 0 atom stereocenters. The molecule has 21 heavy (non-hydrogen) atoms. The van der Waals surface area contributed by atoms with Crippen LogP contribution in [-0.4, -0.2) is 12.6 Å². The summed E-state index contributed by atoms with van der Waals surface area (Å²) in [7, 11) is 0. The zero-order chi connectivity index (χ0) is 15.2. The molecule has 0 spiro atoms. The maximum Gasteiger partial charge on any atom is 0.119 e. The van der Waals surface area contributed by atoms with E-state index in [1.165, 1.54) is 11.1 Å². The van der Waals surface area contributed by atoms with Gasteiger partial charge in [0.05, 0.1) is 6.10 Å². The highest BCUT2D eigenvalue weighted by molar-refractivity contribution is 6.31. The molecule has 0 saturated heterocycles. The fourth-order valence-electron chi connectivity index (χ4n) is 2.15. The third-order valence-corrected chi connectivity index (χ3v) is 3.54. The van der Waals surface area contributed by atoms with Gasteiger partial charge in [0.2, 0.25) is 0 Å². The molecule has 3 heteroatoms. The third kappa shape index (κ3) is 4.48. The van der Waals surface area contributed by atoms with E-state index in [1.54, 1.807) is 0 Å². The SMILES string of the molecule is CCNCc1cc(-c2ccc(OC(C)C)cc2)ccc1Cl. The number of benzene rings is 2. The Kier molecular flexibility index (Phi) is 5.66. The predicted octanol–water partition coefficient (Wildman–Crippen LogP) is 4.90. The summed E-state index contributed by atoms with van der Waals surface area (Å²) < 4.78 is 5.67. The van der Waals surface area contributed by atoms with Gasteiger partial charge in [0, 0.05) is 11.6 Å². The van der Waals surface area contributed by atoms with E-state index in [-0.39, 0.29) is 6.10 Å². The third-order valence-electron chi connectivity index (χ3n) is 3.17. The van der Waals surface area contributed by atoms with Crippen LogP contribution in [0.1, 0.15) is 26.3 Å². The Labute approximate surface area is 132 Å². The Morgan fingerprint density at radius 1 is 1.05 bits per heavy atom. The number of halogens is 1. The number of nitrogens with one attached hydrogen (secondary N) is 1. The standard InChI is InChI=1S/C18H22ClNO/c1-4-20-12-16-11-15(7-10-18(16)19)14-5-8-17(9-6-14)21-13(2)3/h5-11,13,20H,4,12H2,1-3H3. The van der Waals surface area contributed by atoms with Gasteiger partial charge in [0.1, 0.15) is 5.75 Å². The number of hydrogen-bond donors (Lipinski definition) is 1. The van der Waals surface area contributed by atoms with Gasteiger partial charge < -0.3 is 10.1 Å². The normalized spacial score (nSPS) is 10.9. The van der Waals surface area contributed by atoms with Gasteiger partial charge >= 0.3 is 0 Å². The quantitative estimate of drug-likeness (QED) is 0.819. The summed E-state index contributed by atoms with van der Waals surface area (Å²) in [6.45, 7) is 7.87. The summed E-state index contributed by atoms with van der Waals surface area (Å²) >= 11 is 6.24. The molecule has 0 heterocycles. The molecule has 0 saturated carbocycles. The predicted molar refractivity (Wildman–Crippen MR) is 90.0 cm³/mol. The van der Waals surface area contributed by atoms with Gasteiger partial charge in [-0.05, 0) is 61.3 Å². The Balaban J connectivity index is 2.21. The van der Waals surface area contributed by atoms with Crippen molar-refractivity contribution in [2.24, 2.45) is 0 Å². The average Bonchev–Trinajstić information content (AvgIpc) is 2.47. The lowest BCUT2D eigenvalue weighted by Gasteiger charge is -2.11. The van der Waals surface area contributed by atoms with Crippen molar-refractivity contribution >= 4 is 11.6 Å². The lowest BCUT2D eigenvalue weighted by molar-refractivity contribution is 0.242. The Hall–Kier alpha value is -1.51. The molecule has 0 bridgehead atoms. The molecule has 2 nitrogen and oxygen atoms in total. The molecule has 0 unspecified atom stereocenters. The second-order valence-corrected chi connectivity index (χ2v) is 5.68. The van der Waals surface area contributed by atoms with Crippen molar-refractivity contribution < 1.29 is 4.74 Å². The lowest BCUT2D eigenvalue weighted by atomic mass is 10.0. The molecule has 2 rings (SSSR count). The summed E-state index contributed by atoms with van der Waals surface area (Å²) in [5.74, 6) is 0.899. The van der Waals surface area contributed by atoms with Crippen LogP contribution in [0.4, 0.5) is 0 Å². The minimum absolute atomic E-state index is 0.193. The molecule has 112 valence electrons. The smallest absolute Gasteiger partial charge is 0.119 e. The molecule has 0 fully saturated rings. The minimum atomic E-state index is 0.193. The van der Waals surface area contributed by atoms with Gasteiger partial charge in [-0.15, -0.1) is 0 Å². The van der Waals surface area contributed by atoms with E-state index in [9.17, 15) is 0 Å². The van der Waals surface area contributed by atoms with Crippen molar-refractivity contribution in [1.29, 1.82) is 0 Å². The van der Waals surface area contributed by atoms with E-state index in [2.05, 4.69) is 36.5 Å². The first kappa shape index (κ1) is 15.9. The van der Waals surface area contributed by atoms with Crippen LogP contribution >= 0.6 is 11.6 Å². The summed E-state index contributed by atoms with van der Waals surface area (Å²) in [4.78, 5) is 0. The molecule has 1 N–H and O–H groups in total. The fraction of sp³-hybridized carbons (Fsp3) is 0.333. The van der Waals surface area contributed by atoms with Crippen LogP contribution in [0, 0.1) is 0 Å². The Morgan fingerprint density at radius 2 is 1.71 bits per heavy atom. The van der Waals surface area contributed by atoms with Crippen LogP contribution in [0.2, 0.25) is 5.02 Å². The summed E-state index contributed by atoms with van der Waals surface area (Å²) in [5, 5.41) is 4.12. The second-order valence-electron chi connectivity index (χ2n) is 5.28. The van der Waals surface area contributed by atoms with E-state index in [4.69, 9.17) is 16.3 Å². The molecule has 0 amide bonds. The van der Waals surface area contributed by atoms with Crippen molar-refractivity contribution in [3.05, 3.63) is 53.1 Å². The van der Waals surface area contributed by atoms with Crippen LogP contribution in [-0.2, 0) is 6.54 Å². The molecular formula is C18H22ClNO. The van der Waals surface area contributed by atoms with Crippen molar-refractivity contribution in [2.45, 2.75) is 33.4 Å². The lowest BCUT2D eigenvalue weighted by Crippen LogP contribution is -2.12. The number of hydrogen-bond acceptors (Lipinski definition) is 2. The largest absolute Gasteiger partial charge is 0.491 e. The van der Waals surface area contributed by atoms with Crippen molar-refractivity contribution in [2.75, 3.05) is 6.54 Å². The maximum atomic E-state index is 6.24. The van der Waals surface area contributed by atoms with Gasteiger partial charge in [-0.3, -0.25) is 0 Å².